The molecule has 0 saturated heterocycles. The van der Waals surface area contributed by atoms with Crippen LogP contribution in [0.15, 0.2) is 79.8 Å². The van der Waals surface area contributed by atoms with Gasteiger partial charge in [-0.15, -0.1) is 20.4 Å². The van der Waals surface area contributed by atoms with Gasteiger partial charge in [0.05, 0.1) is 0 Å². The number of rotatable bonds is 8. The highest BCUT2D eigenvalue weighted by Crippen LogP contribution is 2.12. The van der Waals surface area contributed by atoms with Crippen LogP contribution in [0.5, 0.6) is 0 Å². The summed E-state index contributed by atoms with van der Waals surface area (Å²) >= 11 is 0. The van der Waals surface area contributed by atoms with Gasteiger partial charge in [0, 0.05) is 48.2 Å². The molecule has 0 amide bonds. The van der Waals surface area contributed by atoms with Crippen molar-refractivity contribution in [3.63, 3.8) is 0 Å². The Hall–Kier alpha value is -6.32. The smallest absolute Gasteiger partial charge is 0.307 e. The molecular formula is C42H56N12O4. The normalized spacial score (nSPS) is 11.4. The highest BCUT2D eigenvalue weighted by atomic mass is 16.2. The minimum absolute atomic E-state index is 0.0775. The van der Waals surface area contributed by atoms with Gasteiger partial charge in [-0.3, -0.25) is 18.3 Å². The molecule has 0 aliphatic rings. The summed E-state index contributed by atoms with van der Waals surface area (Å²) in [5.74, 6) is 0.310. The molecule has 8 bridgehead atoms. The zero-order valence-corrected chi connectivity index (χ0v) is 35.1. The molecule has 0 aliphatic heterocycles. The monoisotopic (exact) mass is 792 g/mol. The second-order valence-electron chi connectivity index (χ2n) is 16.2. The van der Waals surface area contributed by atoms with Gasteiger partial charge in [0.25, 0.3) is 0 Å². The van der Waals surface area contributed by atoms with Crippen molar-refractivity contribution in [1.82, 2.24) is 58.6 Å². The third-order valence-corrected chi connectivity index (χ3v) is 9.18. The van der Waals surface area contributed by atoms with E-state index in [0.29, 0.717) is 82.0 Å². The summed E-state index contributed by atoms with van der Waals surface area (Å²) in [7, 11) is 0. The lowest BCUT2D eigenvalue weighted by molar-refractivity contribution is 0.509. The maximum Gasteiger partial charge on any atom is 0.327 e. The number of H-pyrrole nitrogens is 4. The molecule has 0 fully saturated rings. The Morgan fingerprint density at radius 1 is 0.397 bits per heavy atom. The molecule has 8 rings (SSSR count). The molecule has 6 heterocycles. The van der Waals surface area contributed by atoms with E-state index >= 15 is 0 Å². The number of aryl methyl sites for hydroxylation is 2. The number of aromatic amines is 4. The molecule has 0 spiro atoms. The predicted molar refractivity (Wildman–Crippen MR) is 230 cm³/mol. The van der Waals surface area contributed by atoms with Crippen molar-refractivity contribution in [2.75, 3.05) is 0 Å². The Morgan fingerprint density at radius 3 is 0.776 bits per heavy atom. The fourth-order valence-electron chi connectivity index (χ4n) is 6.34. The average molecular weight is 793 g/mol. The first-order chi connectivity index (χ1) is 27.5. The van der Waals surface area contributed by atoms with E-state index < -0.39 is 22.8 Å². The summed E-state index contributed by atoms with van der Waals surface area (Å²) in [4.78, 5) is 67.9. The molecule has 4 N–H and O–H groups in total. The minimum Gasteiger partial charge on any atom is -0.307 e. The van der Waals surface area contributed by atoms with Crippen LogP contribution in [-0.2, 0) is 26.2 Å². The maximum atomic E-state index is 14.0. The van der Waals surface area contributed by atoms with Crippen LogP contribution in [0, 0.1) is 37.5 Å². The SMILES string of the molecule is Cc1c2cccc1[nH]c(=O)n(CC(C)C)c1ccc(nn1)n(CC(C)C)c(=O)[nH]c1cccc([nH]c(=O)n(CC(C)C)c3ccc(nn3)n(CC(C)C)c(=O)[nH]2)c1C. The van der Waals surface area contributed by atoms with E-state index in [1.54, 1.807) is 60.7 Å². The van der Waals surface area contributed by atoms with E-state index in [1.807, 2.05) is 69.2 Å². The molecule has 0 radical (unpaired) electrons. The molecule has 0 saturated carbocycles. The Labute approximate surface area is 335 Å². The van der Waals surface area contributed by atoms with Crippen LogP contribution >= 0.6 is 0 Å². The van der Waals surface area contributed by atoms with Gasteiger partial charge >= 0.3 is 22.8 Å². The third-order valence-electron chi connectivity index (χ3n) is 9.18. The quantitative estimate of drug-likeness (QED) is 0.143. The molecule has 58 heavy (non-hydrogen) atoms. The molecule has 0 unspecified atom stereocenters. The third kappa shape index (κ3) is 10.5. The number of hydrogen-bond acceptors (Lipinski definition) is 8. The van der Waals surface area contributed by atoms with Crippen molar-refractivity contribution in [2.45, 2.75) is 95.4 Å². The number of benzene rings is 2. The Kier molecular flexibility index (Phi) is 13.8. The van der Waals surface area contributed by atoms with Gasteiger partial charge in [0.2, 0.25) is 0 Å². The largest absolute Gasteiger partial charge is 0.327 e. The second kappa shape index (κ2) is 18.7. The van der Waals surface area contributed by atoms with Crippen molar-refractivity contribution in [3.05, 3.63) is 114 Å². The summed E-state index contributed by atoms with van der Waals surface area (Å²) in [6, 6.07) is 17.2. The summed E-state index contributed by atoms with van der Waals surface area (Å²) in [6.07, 6.45) is 0. The van der Waals surface area contributed by atoms with E-state index in [9.17, 15) is 19.2 Å². The van der Waals surface area contributed by atoms with Gasteiger partial charge in [-0.2, -0.15) is 0 Å². The van der Waals surface area contributed by atoms with Crippen molar-refractivity contribution < 1.29 is 0 Å². The van der Waals surface area contributed by atoms with Crippen molar-refractivity contribution in [2.24, 2.45) is 23.7 Å². The first-order valence-electron chi connectivity index (χ1n) is 19.7. The van der Waals surface area contributed by atoms with Crippen LogP contribution in [0.4, 0.5) is 0 Å². The molecule has 16 heteroatoms. The molecule has 16 nitrogen and oxygen atoms in total. The molecular weight excluding hydrogens is 737 g/mol. The highest BCUT2D eigenvalue weighted by molar-refractivity contribution is 5.68. The fourth-order valence-corrected chi connectivity index (χ4v) is 6.34. The van der Waals surface area contributed by atoms with Crippen LogP contribution in [0.2, 0.25) is 0 Å². The van der Waals surface area contributed by atoms with Gasteiger partial charge in [0.15, 0.2) is 22.6 Å². The standard InChI is InChI=1S/C42H56N12O4/c1-25(2)21-51-35-17-18-36(48-47-35)52(22-26(3)4)40(56)45-33-15-12-16-34(30(33)10)46-42(58)54(24-28(7)8)38-20-19-37(49-50-38)53(23-27(5)6)41(57)44-32-14-11-13-31(29(32)9)43-39(51)55/h11-20,25-28H,21-24H2,1-10H3,(H,43,55)(H,44,57)(H,45,56)(H,46,58). The maximum absolute atomic E-state index is 14.0. The van der Waals surface area contributed by atoms with E-state index in [2.05, 4.69) is 40.3 Å². The first-order valence-corrected chi connectivity index (χ1v) is 19.7. The summed E-state index contributed by atoms with van der Waals surface area (Å²) in [6.45, 7) is 20.9. The van der Waals surface area contributed by atoms with Crippen LogP contribution in [0.25, 0.3) is 44.7 Å². The van der Waals surface area contributed by atoms with E-state index in [4.69, 9.17) is 0 Å². The lowest BCUT2D eigenvalue weighted by atomic mass is 10.2. The highest BCUT2D eigenvalue weighted by Gasteiger charge is 2.09. The van der Waals surface area contributed by atoms with E-state index in [1.165, 1.54) is 18.3 Å². The second-order valence-corrected chi connectivity index (χ2v) is 16.2. The van der Waals surface area contributed by atoms with E-state index in [0.717, 1.165) is 0 Å². The molecule has 2 aromatic carbocycles. The van der Waals surface area contributed by atoms with Crippen LogP contribution < -0.4 is 22.8 Å². The number of nitrogens with zero attached hydrogens (tertiary/aromatic N) is 8. The topological polar surface area (TPSA) is 203 Å². The van der Waals surface area contributed by atoms with Crippen molar-refractivity contribution in [1.29, 1.82) is 0 Å². The Morgan fingerprint density at radius 2 is 0.603 bits per heavy atom. The summed E-state index contributed by atoms with van der Waals surface area (Å²) in [5.41, 5.74) is 2.66. The van der Waals surface area contributed by atoms with Gasteiger partial charge in [-0.25, -0.2) is 19.2 Å². The lowest BCUT2D eigenvalue weighted by Crippen LogP contribution is -2.26. The molecule has 0 aliphatic carbocycles. The summed E-state index contributed by atoms with van der Waals surface area (Å²) < 4.78 is 6.00. The number of hydrogen-bond donors (Lipinski definition) is 4. The van der Waals surface area contributed by atoms with Crippen molar-refractivity contribution >= 4 is 44.7 Å². The van der Waals surface area contributed by atoms with E-state index in [-0.39, 0.29) is 23.7 Å². The van der Waals surface area contributed by atoms with Crippen LogP contribution in [-0.4, -0.2) is 58.6 Å². The fraction of sp³-hybridized carbons (Fsp3) is 0.429. The first kappa shape index (κ1) is 42.8. The van der Waals surface area contributed by atoms with Gasteiger partial charge in [-0.1, -0.05) is 67.5 Å². The molecule has 308 valence electrons. The number of nitrogens with one attached hydrogen (secondary N) is 4. The van der Waals surface area contributed by atoms with Gasteiger partial charge in [0.1, 0.15) is 0 Å². The Bertz CT molecular complexity index is 2420. The number of aromatic nitrogens is 12. The lowest BCUT2D eigenvalue weighted by Gasteiger charge is -2.10. The van der Waals surface area contributed by atoms with Gasteiger partial charge in [-0.05, 0) is 97.2 Å². The van der Waals surface area contributed by atoms with Crippen molar-refractivity contribution in [3.8, 4) is 0 Å². The minimum atomic E-state index is -0.439. The zero-order valence-electron chi connectivity index (χ0n) is 35.1. The van der Waals surface area contributed by atoms with Gasteiger partial charge < -0.3 is 19.9 Å². The van der Waals surface area contributed by atoms with Crippen LogP contribution in [0.1, 0.15) is 66.5 Å². The van der Waals surface area contributed by atoms with Crippen LogP contribution in [0.3, 0.4) is 0 Å². The predicted octanol–water partition coefficient (Wildman–Crippen LogP) is 6.14. The molecule has 8 aromatic rings. The molecule has 6 aromatic heterocycles. The molecule has 0 atom stereocenters. The zero-order chi connectivity index (χ0) is 42.3. The Balaban J connectivity index is 2.01. The average Bonchev–Trinajstić information content (AvgIpc) is 3.16. The summed E-state index contributed by atoms with van der Waals surface area (Å²) in [5, 5.41) is 17.7.